The van der Waals surface area contributed by atoms with E-state index >= 15 is 0 Å². The molecule has 4 fully saturated rings. The standard InChI is InChI=1S/C25H40ClN5O4/c1-14-17(12-30(2)3)9-18(10-20(14)26)28-25(35)27-11-15-4-5-16-13-31(24(34)19(16)8-15)21-6-7-22(32)29-23(21)33/h14-21H,4-13H2,1-3H3,(H2,27,28,35)(H,29,32,33). The Hall–Kier alpha value is -1.87. The minimum Gasteiger partial charge on any atom is -0.338 e. The number of hydrogen-bond donors (Lipinski definition) is 3. The molecule has 2 heterocycles. The molecule has 0 radical (unpaired) electrons. The van der Waals surface area contributed by atoms with Crippen LogP contribution < -0.4 is 16.0 Å². The van der Waals surface area contributed by atoms with Crippen LogP contribution in [0.2, 0.25) is 0 Å². The molecule has 2 saturated heterocycles. The Balaban J connectivity index is 1.24. The summed E-state index contributed by atoms with van der Waals surface area (Å²) in [6.45, 7) is 4.28. The molecule has 0 spiro atoms. The summed E-state index contributed by atoms with van der Waals surface area (Å²) in [5.41, 5.74) is 0. The van der Waals surface area contributed by atoms with Crippen molar-refractivity contribution in [3.8, 4) is 0 Å². The Morgan fingerprint density at radius 2 is 1.91 bits per heavy atom. The Labute approximate surface area is 213 Å². The van der Waals surface area contributed by atoms with Gasteiger partial charge in [-0.15, -0.1) is 11.6 Å². The maximum atomic E-state index is 13.1. The van der Waals surface area contributed by atoms with Crippen LogP contribution in [-0.2, 0) is 14.4 Å². The third-order valence-corrected chi connectivity index (χ3v) is 9.19. The van der Waals surface area contributed by atoms with Gasteiger partial charge in [0.05, 0.1) is 0 Å². The highest BCUT2D eigenvalue weighted by atomic mass is 35.5. The number of imide groups is 1. The summed E-state index contributed by atoms with van der Waals surface area (Å²) >= 11 is 6.60. The third-order valence-electron chi connectivity index (χ3n) is 8.62. The lowest BCUT2D eigenvalue weighted by atomic mass is 9.75. The van der Waals surface area contributed by atoms with E-state index in [0.29, 0.717) is 31.3 Å². The van der Waals surface area contributed by atoms with E-state index in [1.54, 1.807) is 4.90 Å². The summed E-state index contributed by atoms with van der Waals surface area (Å²) in [4.78, 5) is 53.4. The topological polar surface area (TPSA) is 111 Å². The van der Waals surface area contributed by atoms with Crippen molar-refractivity contribution in [1.82, 2.24) is 25.8 Å². The molecule has 4 aliphatic rings. The molecular formula is C25H40ClN5O4. The molecular weight excluding hydrogens is 470 g/mol. The van der Waals surface area contributed by atoms with Crippen molar-refractivity contribution in [2.75, 3.05) is 33.7 Å². The van der Waals surface area contributed by atoms with Crippen molar-refractivity contribution in [2.24, 2.45) is 29.6 Å². The summed E-state index contributed by atoms with van der Waals surface area (Å²) in [5, 5.41) is 8.57. The lowest BCUT2D eigenvalue weighted by Gasteiger charge is -2.39. The first kappa shape index (κ1) is 26.2. The number of nitrogens with one attached hydrogen (secondary N) is 3. The zero-order valence-corrected chi connectivity index (χ0v) is 21.9. The van der Waals surface area contributed by atoms with E-state index < -0.39 is 6.04 Å². The molecule has 0 bridgehead atoms. The highest BCUT2D eigenvalue weighted by Gasteiger charge is 2.48. The SMILES string of the molecule is CC1C(Cl)CC(NC(=O)NCC2CCC3CN(C4CCC(=O)NC4=O)C(=O)C3C2)CC1CN(C)C. The van der Waals surface area contributed by atoms with Gasteiger partial charge < -0.3 is 20.4 Å². The van der Waals surface area contributed by atoms with Gasteiger partial charge in [0.2, 0.25) is 17.7 Å². The first-order chi connectivity index (χ1) is 16.6. The Morgan fingerprint density at radius 1 is 1.14 bits per heavy atom. The van der Waals surface area contributed by atoms with E-state index in [-0.39, 0.29) is 59.3 Å². The minimum absolute atomic E-state index is 0.0232. The first-order valence-electron chi connectivity index (χ1n) is 13.1. The average Bonchev–Trinajstić information content (AvgIpc) is 3.11. The molecule has 4 rings (SSSR count). The molecule has 0 aromatic rings. The maximum Gasteiger partial charge on any atom is 0.315 e. The normalized spacial score (nSPS) is 37.7. The van der Waals surface area contributed by atoms with Gasteiger partial charge in [-0.25, -0.2) is 4.79 Å². The first-order valence-corrected chi connectivity index (χ1v) is 13.5. The van der Waals surface area contributed by atoms with Crippen LogP contribution in [0.4, 0.5) is 4.79 Å². The Bertz CT molecular complexity index is 839. The number of carbonyl (C=O) groups is 4. The van der Waals surface area contributed by atoms with Crippen LogP contribution in [0.15, 0.2) is 0 Å². The molecule has 35 heavy (non-hydrogen) atoms. The molecule has 8 unspecified atom stereocenters. The predicted molar refractivity (Wildman–Crippen MR) is 133 cm³/mol. The lowest BCUT2D eigenvalue weighted by Crippen LogP contribution is -2.53. The average molecular weight is 510 g/mol. The zero-order chi connectivity index (χ0) is 25.3. The second-order valence-corrected chi connectivity index (χ2v) is 12.0. The number of alkyl halides is 1. The summed E-state index contributed by atoms with van der Waals surface area (Å²) in [5.74, 6) is 0.645. The van der Waals surface area contributed by atoms with Gasteiger partial charge in [0.25, 0.3) is 0 Å². The smallest absolute Gasteiger partial charge is 0.315 e. The molecule has 3 N–H and O–H groups in total. The minimum atomic E-state index is -0.534. The molecule has 10 heteroatoms. The monoisotopic (exact) mass is 509 g/mol. The lowest BCUT2D eigenvalue weighted by molar-refractivity contribution is -0.145. The van der Waals surface area contributed by atoms with Crippen molar-refractivity contribution in [1.29, 1.82) is 0 Å². The van der Waals surface area contributed by atoms with Crippen molar-refractivity contribution < 1.29 is 19.2 Å². The molecule has 0 aromatic heterocycles. The summed E-state index contributed by atoms with van der Waals surface area (Å²) in [7, 11) is 4.13. The molecule has 0 aromatic carbocycles. The molecule has 2 aliphatic carbocycles. The van der Waals surface area contributed by atoms with Crippen molar-refractivity contribution in [3.05, 3.63) is 0 Å². The fourth-order valence-electron chi connectivity index (χ4n) is 6.60. The number of fused-ring (bicyclic) bond motifs is 1. The van der Waals surface area contributed by atoms with E-state index in [1.165, 1.54) is 0 Å². The number of rotatable bonds is 6. The quantitative estimate of drug-likeness (QED) is 0.371. The maximum absolute atomic E-state index is 13.1. The number of carbonyl (C=O) groups excluding carboxylic acids is 4. The number of nitrogens with zero attached hydrogens (tertiary/aromatic N) is 2. The van der Waals surface area contributed by atoms with Crippen LogP contribution >= 0.6 is 11.6 Å². The van der Waals surface area contributed by atoms with E-state index in [2.05, 4.69) is 41.9 Å². The van der Waals surface area contributed by atoms with E-state index in [9.17, 15) is 19.2 Å². The second-order valence-electron chi connectivity index (χ2n) is 11.4. The van der Waals surface area contributed by atoms with Crippen molar-refractivity contribution >= 4 is 35.4 Å². The number of piperidine rings is 1. The number of likely N-dealkylation sites (tertiary alicyclic amines) is 1. The fraction of sp³-hybridized carbons (Fsp3) is 0.840. The molecule has 9 nitrogen and oxygen atoms in total. The second kappa shape index (κ2) is 11.0. The van der Waals surface area contributed by atoms with Gasteiger partial charge in [0, 0.05) is 43.4 Å². The number of hydrogen-bond acceptors (Lipinski definition) is 5. The number of halogens is 1. The highest BCUT2D eigenvalue weighted by molar-refractivity contribution is 6.20. The molecule has 5 amide bonds. The van der Waals surface area contributed by atoms with Crippen molar-refractivity contribution in [2.45, 2.75) is 69.3 Å². The van der Waals surface area contributed by atoms with Crippen LogP contribution in [0.3, 0.4) is 0 Å². The van der Waals surface area contributed by atoms with Gasteiger partial charge >= 0.3 is 6.03 Å². The number of amides is 5. The third kappa shape index (κ3) is 6.10. The van der Waals surface area contributed by atoms with Gasteiger partial charge in [0.1, 0.15) is 6.04 Å². The van der Waals surface area contributed by atoms with Crippen LogP contribution in [-0.4, -0.2) is 84.7 Å². The van der Waals surface area contributed by atoms with E-state index in [4.69, 9.17) is 11.6 Å². The summed E-state index contributed by atoms with van der Waals surface area (Å²) in [6, 6.07) is -0.636. The molecule has 2 aliphatic heterocycles. The van der Waals surface area contributed by atoms with Crippen molar-refractivity contribution in [3.63, 3.8) is 0 Å². The van der Waals surface area contributed by atoms with Gasteiger partial charge in [-0.1, -0.05) is 6.92 Å². The van der Waals surface area contributed by atoms with Crippen LogP contribution in [0, 0.1) is 29.6 Å². The van der Waals surface area contributed by atoms with Gasteiger partial charge in [-0.05, 0) is 76.3 Å². The van der Waals surface area contributed by atoms with E-state index in [0.717, 1.165) is 38.6 Å². The number of urea groups is 1. The van der Waals surface area contributed by atoms with Crippen LogP contribution in [0.5, 0.6) is 0 Å². The van der Waals surface area contributed by atoms with Gasteiger partial charge in [0.15, 0.2) is 0 Å². The summed E-state index contributed by atoms with van der Waals surface area (Å²) < 4.78 is 0. The van der Waals surface area contributed by atoms with E-state index in [1.807, 2.05) is 0 Å². The van der Waals surface area contributed by atoms with Crippen LogP contribution in [0.25, 0.3) is 0 Å². The Morgan fingerprint density at radius 3 is 2.63 bits per heavy atom. The highest BCUT2D eigenvalue weighted by Crippen LogP contribution is 2.41. The molecule has 8 atom stereocenters. The fourth-order valence-corrected chi connectivity index (χ4v) is 7.02. The largest absolute Gasteiger partial charge is 0.338 e. The molecule has 2 saturated carbocycles. The summed E-state index contributed by atoms with van der Waals surface area (Å²) in [6.07, 6.45) is 4.97. The van der Waals surface area contributed by atoms with Gasteiger partial charge in [-0.3, -0.25) is 19.7 Å². The van der Waals surface area contributed by atoms with Gasteiger partial charge in [-0.2, -0.15) is 0 Å². The Kier molecular flexibility index (Phi) is 8.26. The molecule has 196 valence electrons. The predicted octanol–water partition coefficient (Wildman–Crippen LogP) is 1.55. The van der Waals surface area contributed by atoms with Crippen LogP contribution in [0.1, 0.15) is 51.9 Å². The zero-order valence-electron chi connectivity index (χ0n) is 21.1.